The molecule has 0 saturated carbocycles. The number of alkyl halides is 1. The highest BCUT2D eigenvalue weighted by Gasteiger charge is 2.26. The van der Waals surface area contributed by atoms with Crippen LogP contribution in [0, 0.1) is 11.3 Å². The SMILES string of the molecule is CCCCC(=O)C(F)C(=O)c1ccc(C#N)cc1. The van der Waals surface area contributed by atoms with E-state index in [2.05, 4.69) is 0 Å². The Morgan fingerprint density at radius 1 is 1.33 bits per heavy atom. The van der Waals surface area contributed by atoms with Crippen molar-refractivity contribution in [3.63, 3.8) is 0 Å². The molecule has 0 spiro atoms. The van der Waals surface area contributed by atoms with Gasteiger partial charge in [0.1, 0.15) is 0 Å². The largest absolute Gasteiger partial charge is 0.296 e. The lowest BCUT2D eigenvalue weighted by Crippen LogP contribution is -2.25. The highest BCUT2D eigenvalue weighted by Crippen LogP contribution is 2.11. The van der Waals surface area contributed by atoms with Gasteiger partial charge in [0.25, 0.3) is 0 Å². The van der Waals surface area contributed by atoms with E-state index in [4.69, 9.17) is 5.26 Å². The summed E-state index contributed by atoms with van der Waals surface area (Å²) in [6, 6.07) is 7.48. The van der Waals surface area contributed by atoms with Crippen LogP contribution in [0.2, 0.25) is 0 Å². The van der Waals surface area contributed by atoms with E-state index in [0.29, 0.717) is 12.0 Å². The molecule has 1 atom stereocenters. The molecule has 0 bridgehead atoms. The van der Waals surface area contributed by atoms with Crippen LogP contribution in [-0.4, -0.2) is 17.7 Å². The van der Waals surface area contributed by atoms with Crippen LogP contribution >= 0.6 is 0 Å². The van der Waals surface area contributed by atoms with Gasteiger partial charge in [0.2, 0.25) is 12.0 Å². The van der Waals surface area contributed by atoms with Crippen LogP contribution in [-0.2, 0) is 4.79 Å². The Labute approximate surface area is 105 Å². The number of nitriles is 1. The number of Topliss-reactive ketones (excluding diaryl/α,β-unsaturated/α-hetero) is 2. The smallest absolute Gasteiger partial charge is 0.220 e. The van der Waals surface area contributed by atoms with Crippen LogP contribution in [0.5, 0.6) is 0 Å². The van der Waals surface area contributed by atoms with Gasteiger partial charge >= 0.3 is 0 Å². The van der Waals surface area contributed by atoms with Gasteiger partial charge in [-0.15, -0.1) is 0 Å². The molecule has 0 N–H and O–H groups in total. The van der Waals surface area contributed by atoms with Gasteiger partial charge in [-0.05, 0) is 30.7 Å². The molecule has 0 aliphatic carbocycles. The molecule has 1 rings (SSSR count). The average Bonchev–Trinajstić information content (AvgIpc) is 2.43. The number of nitrogens with zero attached hydrogens (tertiary/aromatic N) is 1. The molecule has 0 amide bonds. The molecule has 18 heavy (non-hydrogen) atoms. The van der Waals surface area contributed by atoms with Gasteiger partial charge in [-0.25, -0.2) is 4.39 Å². The number of hydrogen-bond donors (Lipinski definition) is 0. The molecule has 0 aliphatic rings. The van der Waals surface area contributed by atoms with Gasteiger partial charge in [0, 0.05) is 12.0 Å². The first-order valence-electron chi connectivity index (χ1n) is 5.81. The van der Waals surface area contributed by atoms with Crippen LogP contribution in [0.1, 0.15) is 42.1 Å². The zero-order valence-electron chi connectivity index (χ0n) is 10.1. The number of carbonyl (C=O) groups excluding carboxylic acids is 2. The number of rotatable bonds is 6. The third kappa shape index (κ3) is 3.49. The standard InChI is InChI=1S/C14H14FNO2/c1-2-3-4-12(17)13(15)14(18)11-7-5-10(9-16)6-8-11/h5-8,13H,2-4H2,1H3. The summed E-state index contributed by atoms with van der Waals surface area (Å²) in [5.41, 5.74) is 0.505. The first-order chi connectivity index (χ1) is 8.60. The van der Waals surface area contributed by atoms with E-state index in [1.54, 1.807) is 0 Å². The van der Waals surface area contributed by atoms with Gasteiger partial charge in [0.05, 0.1) is 11.6 Å². The molecular formula is C14H14FNO2. The second kappa shape index (κ2) is 6.65. The second-order valence-corrected chi connectivity index (χ2v) is 3.99. The van der Waals surface area contributed by atoms with E-state index < -0.39 is 17.7 Å². The molecule has 0 heterocycles. The molecule has 1 unspecified atom stereocenters. The predicted molar refractivity (Wildman–Crippen MR) is 64.9 cm³/mol. The zero-order valence-corrected chi connectivity index (χ0v) is 10.1. The highest BCUT2D eigenvalue weighted by molar-refractivity contribution is 6.13. The maximum absolute atomic E-state index is 13.6. The Bertz CT molecular complexity index is 474. The summed E-state index contributed by atoms with van der Waals surface area (Å²) in [5.74, 6) is -1.51. The quantitative estimate of drug-likeness (QED) is 0.573. The fourth-order valence-electron chi connectivity index (χ4n) is 1.48. The fourth-order valence-corrected chi connectivity index (χ4v) is 1.48. The van der Waals surface area contributed by atoms with Crippen molar-refractivity contribution in [1.82, 2.24) is 0 Å². The van der Waals surface area contributed by atoms with Gasteiger partial charge < -0.3 is 0 Å². The fraction of sp³-hybridized carbons (Fsp3) is 0.357. The molecule has 1 aromatic carbocycles. The van der Waals surface area contributed by atoms with E-state index in [1.165, 1.54) is 24.3 Å². The Morgan fingerprint density at radius 3 is 2.44 bits per heavy atom. The number of carbonyl (C=O) groups is 2. The Kier molecular flexibility index (Phi) is 5.19. The highest BCUT2D eigenvalue weighted by atomic mass is 19.1. The maximum atomic E-state index is 13.6. The lowest BCUT2D eigenvalue weighted by molar-refractivity contribution is -0.122. The van der Waals surface area contributed by atoms with E-state index in [1.807, 2.05) is 13.0 Å². The Balaban J connectivity index is 2.74. The number of halogens is 1. The number of benzene rings is 1. The Morgan fingerprint density at radius 2 is 1.94 bits per heavy atom. The first-order valence-corrected chi connectivity index (χ1v) is 5.81. The molecule has 1 aromatic rings. The van der Waals surface area contributed by atoms with Gasteiger partial charge in [-0.2, -0.15) is 5.26 Å². The third-order valence-electron chi connectivity index (χ3n) is 2.59. The van der Waals surface area contributed by atoms with Crippen molar-refractivity contribution in [3.8, 4) is 6.07 Å². The zero-order chi connectivity index (χ0) is 13.5. The van der Waals surface area contributed by atoms with Gasteiger partial charge in [-0.1, -0.05) is 13.3 Å². The lowest BCUT2D eigenvalue weighted by Gasteiger charge is -2.06. The van der Waals surface area contributed by atoms with E-state index in [0.717, 1.165) is 6.42 Å². The summed E-state index contributed by atoms with van der Waals surface area (Å²) in [7, 11) is 0. The number of ketones is 2. The minimum atomic E-state index is -2.09. The first kappa shape index (κ1) is 14.0. The minimum absolute atomic E-state index is 0.0830. The summed E-state index contributed by atoms with van der Waals surface area (Å²) in [4.78, 5) is 23.1. The van der Waals surface area contributed by atoms with E-state index >= 15 is 0 Å². The molecular weight excluding hydrogens is 233 g/mol. The summed E-state index contributed by atoms with van der Waals surface area (Å²) >= 11 is 0. The maximum Gasteiger partial charge on any atom is 0.220 e. The van der Waals surface area contributed by atoms with E-state index in [-0.39, 0.29) is 12.0 Å². The van der Waals surface area contributed by atoms with Crippen molar-refractivity contribution in [2.75, 3.05) is 0 Å². The van der Waals surface area contributed by atoms with Crippen LogP contribution in [0.3, 0.4) is 0 Å². The number of hydrogen-bond acceptors (Lipinski definition) is 3. The molecule has 0 saturated heterocycles. The van der Waals surface area contributed by atoms with Crippen molar-refractivity contribution < 1.29 is 14.0 Å². The van der Waals surface area contributed by atoms with Crippen molar-refractivity contribution in [2.45, 2.75) is 32.4 Å². The third-order valence-corrected chi connectivity index (χ3v) is 2.59. The van der Waals surface area contributed by atoms with Crippen LogP contribution < -0.4 is 0 Å². The van der Waals surface area contributed by atoms with Gasteiger partial charge in [0.15, 0.2) is 5.78 Å². The van der Waals surface area contributed by atoms with E-state index in [9.17, 15) is 14.0 Å². The summed E-state index contributed by atoms with van der Waals surface area (Å²) in [5, 5.41) is 8.60. The molecule has 3 nitrogen and oxygen atoms in total. The summed E-state index contributed by atoms with van der Waals surface area (Å²) in [6.45, 7) is 1.89. The van der Waals surface area contributed by atoms with Crippen LogP contribution in [0.4, 0.5) is 4.39 Å². The van der Waals surface area contributed by atoms with Crippen LogP contribution in [0.25, 0.3) is 0 Å². The normalized spacial score (nSPS) is 11.6. The molecule has 0 radical (unpaired) electrons. The molecule has 4 heteroatoms. The Hall–Kier alpha value is -2.02. The molecule has 0 fully saturated rings. The topological polar surface area (TPSA) is 57.9 Å². The number of unbranched alkanes of at least 4 members (excludes halogenated alkanes) is 1. The van der Waals surface area contributed by atoms with Crippen molar-refractivity contribution in [3.05, 3.63) is 35.4 Å². The van der Waals surface area contributed by atoms with Crippen molar-refractivity contribution in [1.29, 1.82) is 5.26 Å². The summed E-state index contributed by atoms with van der Waals surface area (Å²) < 4.78 is 13.6. The van der Waals surface area contributed by atoms with Crippen molar-refractivity contribution in [2.24, 2.45) is 0 Å². The predicted octanol–water partition coefficient (Wildman–Crippen LogP) is 2.84. The molecule has 0 aliphatic heterocycles. The molecule has 0 aromatic heterocycles. The van der Waals surface area contributed by atoms with Crippen molar-refractivity contribution >= 4 is 11.6 Å². The summed E-state index contributed by atoms with van der Waals surface area (Å²) in [6.07, 6.45) is -0.646. The lowest BCUT2D eigenvalue weighted by atomic mass is 10.0. The average molecular weight is 247 g/mol. The monoisotopic (exact) mass is 247 g/mol. The van der Waals surface area contributed by atoms with Gasteiger partial charge in [-0.3, -0.25) is 9.59 Å². The molecule has 94 valence electrons. The van der Waals surface area contributed by atoms with Crippen LogP contribution in [0.15, 0.2) is 24.3 Å². The second-order valence-electron chi connectivity index (χ2n) is 3.99. The minimum Gasteiger partial charge on any atom is -0.296 e.